The molecule has 37 heavy (non-hydrogen) atoms. The lowest BCUT2D eigenvalue weighted by Gasteiger charge is -2.21. The van der Waals surface area contributed by atoms with E-state index in [1.54, 1.807) is 21.3 Å². The Labute approximate surface area is 232 Å². The van der Waals surface area contributed by atoms with Gasteiger partial charge in [-0.3, -0.25) is 0 Å². The first-order valence-electron chi connectivity index (χ1n) is 12.0. The minimum absolute atomic E-state index is 0. The van der Waals surface area contributed by atoms with E-state index in [0.29, 0.717) is 18.8 Å². The van der Waals surface area contributed by atoms with Gasteiger partial charge in [0.2, 0.25) is 12.5 Å². The molecule has 4 aromatic rings. The number of aryl methyl sites for hydroxylation is 2. The molecule has 2 aliphatic heterocycles. The van der Waals surface area contributed by atoms with Crippen LogP contribution in [0.4, 0.5) is 0 Å². The Morgan fingerprint density at radius 2 is 1.59 bits per heavy atom. The third-order valence-corrected chi connectivity index (χ3v) is 6.92. The van der Waals surface area contributed by atoms with Crippen molar-refractivity contribution in [3.8, 4) is 45.8 Å². The largest absolute Gasteiger partial charge is 1.00 e. The van der Waals surface area contributed by atoms with E-state index < -0.39 is 0 Å². The molecule has 2 aliphatic rings. The third kappa shape index (κ3) is 4.47. The van der Waals surface area contributed by atoms with Crippen molar-refractivity contribution in [3.63, 3.8) is 0 Å². The predicted molar refractivity (Wildman–Crippen MR) is 135 cm³/mol. The second-order valence-corrected chi connectivity index (χ2v) is 8.80. The van der Waals surface area contributed by atoms with Crippen molar-refractivity contribution in [2.75, 3.05) is 34.7 Å². The molecule has 192 valence electrons. The van der Waals surface area contributed by atoms with Crippen LogP contribution in [0.5, 0.6) is 34.5 Å². The van der Waals surface area contributed by atoms with Gasteiger partial charge >= 0.3 is 0 Å². The van der Waals surface area contributed by atoms with Crippen LogP contribution < -0.4 is 57.0 Å². The fourth-order valence-corrected chi connectivity index (χ4v) is 5.21. The van der Waals surface area contributed by atoms with E-state index in [4.69, 9.17) is 28.4 Å². The number of aromatic nitrogens is 1. The summed E-state index contributed by atoms with van der Waals surface area (Å²) in [5.74, 6) is 4.66. The molecule has 0 fully saturated rings. The fraction of sp³-hybridized carbons (Fsp3) is 0.276. The molecule has 3 aromatic carbocycles. The fourth-order valence-electron chi connectivity index (χ4n) is 5.21. The molecule has 0 saturated carbocycles. The van der Waals surface area contributed by atoms with E-state index in [-0.39, 0.29) is 30.8 Å². The Bertz CT molecular complexity index is 1450. The zero-order valence-electron chi connectivity index (χ0n) is 21.0. The van der Waals surface area contributed by atoms with Crippen molar-refractivity contribution in [1.29, 1.82) is 0 Å². The maximum Gasteiger partial charge on any atom is 0.231 e. The highest BCUT2D eigenvalue weighted by Crippen LogP contribution is 2.43. The number of nitrogens with zero attached hydrogens (tertiary/aromatic N) is 1. The SMILES string of the molecule is COc1ccc(OCCc2c3[n+](cc4c(OC)c(OC)ccc24)CCc2cc4c(cc2-3)OCO4)cc1.[I-]. The van der Waals surface area contributed by atoms with Gasteiger partial charge in [0.05, 0.1) is 38.9 Å². The molecule has 0 amide bonds. The Hall–Kier alpha value is -3.40. The van der Waals surface area contributed by atoms with Crippen LogP contribution in [0.3, 0.4) is 0 Å². The van der Waals surface area contributed by atoms with Gasteiger partial charge in [0.25, 0.3) is 0 Å². The molecule has 7 nitrogen and oxygen atoms in total. The molecule has 0 atom stereocenters. The van der Waals surface area contributed by atoms with Crippen LogP contribution in [0.2, 0.25) is 0 Å². The molecule has 8 heteroatoms. The summed E-state index contributed by atoms with van der Waals surface area (Å²) in [6.45, 7) is 1.63. The zero-order chi connectivity index (χ0) is 24.6. The molecule has 1 aromatic heterocycles. The highest BCUT2D eigenvalue weighted by molar-refractivity contribution is 5.95. The minimum atomic E-state index is 0. The maximum absolute atomic E-state index is 6.15. The van der Waals surface area contributed by atoms with Crippen molar-refractivity contribution < 1.29 is 57.0 Å². The van der Waals surface area contributed by atoms with Gasteiger partial charge in [-0.25, -0.2) is 0 Å². The van der Waals surface area contributed by atoms with Gasteiger partial charge in [-0.1, -0.05) is 0 Å². The Balaban J connectivity index is 0.00000280. The van der Waals surface area contributed by atoms with E-state index in [0.717, 1.165) is 52.5 Å². The number of fused-ring (bicyclic) bond motifs is 5. The smallest absolute Gasteiger partial charge is 0.231 e. The van der Waals surface area contributed by atoms with Crippen molar-refractivity contribution in [1.82, 2.24) is 0 Å². The summed E-state index contributed by atoms with van der Waals surface area (Å²) >= 11 is 0. The molecular formula is C29H28INO6. The van der Waals surface area contributed by atoms with Gasteiger partial charge in [0.1, 0.15) is 11.5 Å². The van der Waals surface area contributed by atoms with E-state index in [1.165, 1.54) is 22.4 Å². The van der Waals surface area contributed by atoms with Gasteiger partial charge in [0.15, 0.2) is 35.7 Å². The van der Waals surface area contributed by atoms with Crippen LogP contribution in [-0.2, 0) is 19.4 Å². The average Bonchev–Trinajstić information content (AvgIpc) is 3.38. The van der Waals surface area contributed by atoms with E-state index >= 15 is 0 Å². The highest BCUT2D eigenvalue weighted by atomic mass is 127. The standard InChI is InChI=1S/C29H28NO6.HI/c1-31-19-4-6-20(7-5-19)34-13-11-22-21-8-9-25(32-2)29(33-3)24(21)16-30-12-10-18-14-26-27(36-17-35-26)15-23(18)28(22)30;/h4-9,14-16H,10-13,17H2,1-3H3;1H/q+1;/p-1. The van der Waals surface area contributed by atoms with Gasteiger partial charge in [-0.2, -0.15) is 4.57 Å². The monoisotopic (exact) mass is 613 g/mol. The molecule has 0 aliphatic carbocycles. The lowest BCUT2D eigenvalue weighted by molar-refractivity contribution is -0.686. The van der Waals surface area contributed by atoms with Gasteiger partial charge < -0.3 is 52.4 Å². The van der Waals surface area contributed by atoms with Crippen molar-refractivity contribution >= 4 is 10.8 Å². The Kier molecular flexibility index (Phi) is 7.19. The second kappa shape index (κ2) is 10.5. The number of ether oxygens (including phenoxy) is 6. The second-order valence-electron chi connectivity index (χ2n) is 8.80. The number of pyridine rings is 1. The summed E-state index contributed by atoms with van der Waals surface area (Å²) < 4.78 is 36.5. The Morgan fingerprint density at radius 1 is 0.838 bits per heavy atom. The molecule has 0 N–H and O–H groups in total. The molecule has 0 radical (unpaired) electrons. The molecule has 6 rings (SSSR count). The van der Waals surface area contributed by atoms with Gasteiger partial charge in [-0.05, 0) is 54.1 Å². The first kappa shape index (κ1) is 25.3. The van der Waals surface area contributed by atoms with E-state index in [9.17, 15) is 0 Å². The number of hydrogen-bond donors (Lipinski definition) is 0. The summed E-state index contributed by atoms with van der Waals surface area (Å²) in [7, 11) is 5.01. The highest BCUT2D eigenvalue weighted by Gasteiger charge is 2.32. The van der Waals surface area contributed by atoms with Crippen molar-refractivity contribution in [2.24, 2.45) is 0 Å². The van der Waals surface area contributed by atoms with Crippen LogP contribution in [0.15, 0.2) is 54.7 Å². The summed E-state index contributed by atoms with van der Waals surface area (Å²) in [4.78, 5) is 0. The molecule has 0 bridgehead atoms. The number of rotatable bonds is 7. The van der Waals surface area contributed by atoms with Crippen molar-refractivity contribution in [2.45, 2.75) is 19.4 Å². The molecule has 0 saturated heterocycles. The number of halogens is 1. The topological polar surface area (TPSA) is 59.3 Å². The number of methoxy groups -OCH3 is 3. The predicted octanol–water partition coefficient (Wildman–Crippen LogP) is 1.73. The van der Waals surface area contributed by atoms with E-state index in [2.05, 4.69) is 29.0 Å². The molecule has 0 spiro atoms. The lowest BCUT2D eigenvalue weighted by Crippen LogP contribution is -3.00. The van der Waals surface area contributed by atoms with Crippen LogP contribution in [0.1, 0.15) is 11.1 Å². The van der Waals surface area contributed by atoms with Gasteiger partial charge in [0, 0.05) is 23.8 Å². The van der Waals surface area contributed by atoms with Crippen molar-refractivity contribution in [3.05, 3.63) is 65.9 Å². The summed E-state index contributed by atoms with van der Waals surface area (Å²) in [5.41, 5.74) is 4.80. The summed E-state index contributed by atoms with van der Waals surface area (Å²) in [6.07, 6.45) is 3.79. The lowest BCUT2D eigenvalue weighted by atomic mass is 9.90. The average molecular weight is 613 g/mol. The molecular weight excluding hydrogens is 585 g/mol. The van der Waals surface area contributed by atoms with Crippen LogP contribution in [0, 0.1) is 0 Å². The van der Waals surface area contributed by atoms with Crippen LogP contribution in [-0.4, -0.2) is 34.7 Å². The zero-order valence-corrected chi connectivity index (χ0v) is 23.2. The maximum atomic E-state index is 6.15. The minimum Gasteiger partial charge on any atom is -1.00 e. The number of hydrogen-bond acceptors (Lipinski definition) is 6. The van der Waals surface area contributed by atoms with E-state index in [1.807, 2.05) is 30.3 Å². The molecule has 0 unspecified atom stereocenters. The summed E-state index contributed by atoms with van der Waals surface area (Å²) in [6, 6.07) is 16.0. The van der Waals surface area contributed by atoms with Gasteiger partial charge in [-0.15, -0.1) is 0 Å². The quantitative estimate of drug-likeness (QED) is 0.234. The summed E-state index contributed by atoms with van der Waals surface area (Å²) in [5, 5.41) is 2.13. The number of benzene rings is 3. The van der Waals surface area contributed by atoms with Crippen LogP contribution in [0.25, 0.3) is 22.0 Å². The first-order chi connectivity index (χ1) is 17.7. The normalized spacial score (nSPS) is 12.8. The first-order valence-corrected chi connectivity index (χ1v) is 12.0. The molecule has 3 heterocycles. The third-order valence-electron chi connectivity index (χ3n) is 6.92. The van der Waals surface area contributed by atoms with Crippen LogP contribution >= 0.6 is 0 Å². The Morgan fingerprint density at radius 3 is 2.32 bits per heavy atom.